The Kier molecular flexibility index (Phi) is 5.12. The van der Waals surface area contributed by atoms with Crippen LogP contribution in [-0.4, -0.2) is 25.9 Å². The van der Waals surface area contributed by atoms with Crippen LogP contribution in [0.2, 0.25) is 0 Å². The summed E-state index contributed by atoms with van der Waals surface area (Å²) < 4.78 is 47.0. The van der Waals surface area contributed by atoms with Crippen molar-refractivity contribution in [1.29, 1.82) is 0 Å². The average Bonchev–Trinajstić information content (AvgIpc) is 2.29. The van der Waals surface area contributed by atoms with Crippen LogP contribution in [0.3, 0.4) is 0 Å². The number of rotatable bonds is 6. The van der Waals surface area contributed by atoms with Gasteiger partial charge in [-0.25, -0.2) is 0 Å². The zero-order valence-electron chi connectivity index (χ0n) is 10.3. The summed E-state index contributed by atoms with van der Waals surface area (Å²) in [5.74, 6) is 0.885. The van der Waals surface area contributed by atoms with Crippen molar-refractivity contribution >= 4 is 5.69 Å². The van der Waals surface area contributed by atoms with Crippen molar-refractivity contribution in [2.75, 3.05) is 25.1 Å². The molecule has 0 fully saturated rings. The number of hydrogen-bond acceptors (Lipinski definition) is 3. The monoisotopic (exact) mass is 263 g/mol. The fourth-order valence-electron chi connectivity index (χ4n) is 1.38. The predicted octanol–water partition coefficient (Wildman–Crippen LogP) is 3.46. The van der Waals surface area contributed by atoms with E-state index in [4.69, 9.17) is 9.47 Å². The molecular weight excluding hydrogens is 247 g/mol. The summed E-state index contributed by atoms with van der Waals surface area (Å²) in [6.45, 7) is 3.30. The predicted molar refractivity (Wildman–Crippen MR) is 63.3 cm³/mol. The maximum atomic E-state index is 12.2. The fraction of sp³-hybridized carbons (Fsp3) is 0.500. The summed E-state index contributed by atoms with van der Waals surface area (Å²) in [6.07, 6.45) is -4.27. The van der Waals surface area contributed by atoms with Crippen LogP contribution >= 0.6 is 0 Å². The third kappa shape index (κ3) is 4.73. The first-order chi connectivity index (χ1) is 8.46. The molecule has 3 nitrogen and oxygen atoms in total. The number of hydrogen-bond donors (Lipinski definition) is 1. The Morgan fingerprint density at radius 2 is 1.78 bits per heavy atom. The highest BCUT2D eigenvalue weighted by Crippen LogP contribution is 2.30. The summed E-state index contributed by atoms with van der Waals surface area (Å²) >= 11 is 0. The molecular formula is C12H16F3NO2. The summed E-state index contributed by atoms with van der Waals surface area (Å²) in [6, 6.07) is 4.75. The van der Waals surface area contributed by atoms with Gasteiger partial charge < -0.3 is 14.8 Å². The van der Waals surface area contributed by atoms with Gasteiger partial charge >= 0.3 is 6.18 Å². The van der Waals surface area contributed by atoms with Gasteiger partial charge in [-0.1, -0.05) is 0 Å². The van der Waals surface area contributed by atoms with E-state index in [1.54, 1.807) is 26.0 Å². The van der Waals surface area contributed by atoms with Crippen LogP contribution < -0.4 is 14.8 Å². The Labute approximate surface area is 104 Å². The van der Waals surface area contributed by atoms with Crippen molar-refractivity contribution in [2.24, 2.45) is 0 Å². The second-order valence-corrected chi connectivity index (χ2v) is 3.49. The van der Waals surface area contributed by atoms with Gasteiger partial charge in [0.15, 0.2) is 0 Å². The van der Waals surface area contributed by atoms with Crippen molar-refractivity contribution in [3.63, 3.8) is 0 Å². The van der Waals surface area contributed by atoms with Crippen LogP contribution in [0.5, 0.6) is 11.5 Å². The molecule has 0 heterocycles. The SMILES string of the molecule is CCOc1ccc(OCC)c(NCC(F)(F)F)c1. The highest BCUT2D eigenvalue weighted by Gasteiger charge is 2.27. The van der Waals surface area contributed by atoms with Crippen LogP contribution in [0.4, 0.5) is 18.9 Å². The molecule has 0 aliphatic carbocycles. The molecule has 0 spiro atoms. The van der Waals surface area contributed by atoms with Crippen molar-refractivity contribution in [2.45, 2.75) is 20.0 Å². The van der Waals surface area contributed by atoms with Gasteiger partial charge in [-0.2, -0.15) is 13.2 Å². The molecule has 102 valence electrons. The van der Waals surface area contributed by atoms with Gasteiger partial charge in [0.1, 0.15) is 18.0 Å². The number of anilines is 1. The topological polar surface area (TPSA) is 30.5 Å². The standard InChI is InChI=1S/C12H16F3NO2/c1-3-17-9-5-6-11(18-4-2)10(7-9)16-8-12(13,14)15/h5-7,16H,3-4,8H2,1-2H3. The number of halogens is 3. The number of alkyl halides is 3. The van der Waals surface area contributed by atoms with E-state index in [1.165, 1.54) is 6.07 Å². The van der Waals surface area contributed by atoms with E-state index in [9.17, 15) is 13.2 Å². The van der Waals surface area contributed by atoms with E-state index in [0.29, 0.717) is 24.7 Å². The molecule has 0 unspecified atom stereocenters. The highest BCUT2D eigenvalue weighted by molar-refractivity contribution is 5.59. The van der Waals surface area contributed by atoms with E-state index in [2.05, 4.69) is 5.32 Å². The van der Waals surface area contributed by atoms with Gasteiger partial charge in [-0.3, -0.25) is 0 Å². The molecule has 0 bridgehead atoms. The number of ether oxygens (including phenoxy) is 2. The van der Waals surface area contributed by atoms with Gasteiger partial charge in [-0.15, -0.1) is 0 Å². The molecule has 18 heavy (non-hydrogen) atoms. The molecule has 0 aromatic heterocycles. The first-order valence-corrected chi connectivity index (χ1v) is 5.66. The minimum atomic E-state index is -4.27. The lowest BCUT2D eigenvalue weighted by Crippen LogP contribution is -2.21. The van der Waals surface area contributed by atoms with Gasteiger partial charge in [0.05, 0.1) is 18.9 Å². The summed E-state index contributed by atoms with van der Waals surface area (Å²) in [5.41, 5.74) is 0.278. The Bertz CT molecular complexity index is 380. The van der Waals surface area contributed by atoms with Gasteiger partial charge in [0, 0.05) is 6.07 Å². The first-order valence-electron chi connectivity index (χ1n) is 5.66. The van der Waals surface area contributed by atoms with Crippen molar-refractivity contribution in [3.05, 3.63) is 18.2 Å². The molecule has 0 saturated heterocycles. The fourth-order valence-corrected chi connectivity index (χ4v) is 1.38. The molecule has 1 aromatic rings. The zero-order valence-corrected chi connectivity index (χ0v) is 10.3. The van der Waals surface area contributed by atoms with Gasteiger partial charge in [0.2, 0.25) is 0 Å². The lowest BCUT2D eigenvalue weighted by atomic mass is 10.2. The molecule has 0 aliphatic rings. The Morgan fingerprint density at radius 3 is 2.33 bits per heavy atom. The van der Waals surface area contributed by atoms with Gasteiger partial charge in [-0.05, 0) is 26.0 Å². The van der Waals surface area contributed by atoms with E-state index < -0.39 is 12.7 Å². The zero-order chi connectivity index (χ0) is 13.6. The maximum Gasteiger partial charge on any atom is 0.405 e. The molecule has 1 rings (SSSR count). The van der Waals surface area contributed by atoms with Crippen LogP contribution in [0.25, 0.3) is 0 Å². The molecule has 0 aliphatic heterocycles. The Balaban J connectivity index is 2.85. The van der Waals surface area contributed by atoms with Gasteiger partial charge in [0.25, 0.3) is 0 Å². The minimum Gasteiger partial charge on any atom is -0.494 e. The Hall–Kier alpha value is -1.59. The maximum absolute atomic E-state index is 12.2. The summed E-state index contributed by atoms with van der Waals surface area (Å²) in [4.78, 5) is 0. The smallest absolute Gasteiger partial charge is 0.405 e. The van der Waals surface area contributed by atoms with Crippen molar-refractivity contribution < 1.29 is 22.6 Å². The minimum absolute atomic E-state index is 0.278. The van der Waals surface area contributed by atoms with Crippen LogP contribution in [0.1, 0.15) is 13.8 Å². The number of nitrogens with one attached hydrogen (secondary N) is 1. The first kappa shape index (κ1) is 14.5. The molecule has 1 aromatic carbocycles. The van der Waals surface area contributed by atoms with Crippen molar-refractivity contribution in [1.82, 2.24) is 0 Å². The van der Waals surface area contributed by atoms with E-state index >= 15 is 0 Å². The summed E-state index contributed by atoms with van der Waals surface area (Å²) in [7, 11) is 0. The van der Waals surface area contributed by atoms with Crippen LogP contribution in [-0.2, 0) is 0 Å². The second kappa shape index (κ2) is 6.37. The summed E-state index contributed by atoms with van der Waals surface area (Å²) in [5, 5.41) is 2.31. The van der Waals surface area contributed by atoms with Crippen LogP contribution in [0.15, 0.2) is 18.2 Å². The van der Waals surface area contributed by atoms with E-state index in [0.717, 1.165) is 0 Å². The lowest BCUT2D eigenvalue weighted by Gasteiger charge is -2.15. The number of benzene rings is 1. The quantitative estimate of drug-likeness (QED) is 0.852. The lowest BCUT2D eigenvalue weighted by molar-refractivity contribution is -0.115. The van der Waals surface area contributed by atoms with E-state index in [1.807, 2.05) is 0 Å². The molecule has 1 N–H and O–H groups in total. The Morgan fingerprint density at radius 1 is 1.11 bits per heavy atom. The molecule has 0 saturated carbocycles. The average molecular weight is 263 g/mol. The normalized spacial score (nSPS) is 11.2. The second-order valence-electron chi connectivity index (χ2n) is 3.49. The molecule has 0 amide bonds. The largest absolute Gasteiger partial charge is 0.494 e. The third-order valence-corrected chi connectivity index (χ3v) is 2.04. The molecule has 0 radical (unpaired) electrons. The van der Waals surface area contributed by atoms with Crippen LogP contribution in [0, 0.1) is 0 Å². The molecule has 0 atom stereocenters. The third-order valence-electron chi connectivity index (χ3n) is 2.04. The molecule has 6 heteroatoms. The highest BCUT2D eigenvalue weighted by atomic mass is 19.4. The van der Waals surface area contributed by atoms with E-state index in [-0.39, 0.29) is 5.69 Å². The van der Waals surface area contributed by atoms with Crippen molar-refractivity contribution in [3.8, 4) is 11.5 Å².